The second-order valence-corrected chi connectivity index (χ2v) is 7.46. The molecule has 0 N–H and O–H groups in total. The molecule has 0 aromatic rings. The summed E-state index contributed by atoms with van der Waals surface area (Å²) in [6.45, 7) is 7.66. The predicted molar refractivity (Wildman–Crippen MR) is 95.2 cm³/mol. The Labute approximate surface area is 164 Å². The van der Waals surface area contributed by atoms with E-state index >= 15 is 0 Å². The summed E-state index contributed by atoms with van der Waals surface area (Å²) in [7, 11) is -1.74. The van der Waals surface area contributed by atoms with E-state index in [2.05, 4.69) is 6.58 Å². The van der Waals surface area contributed by atoms with Gasteiger partial charge in [-0.2, -0.15) is 0 Å². The van der Waals surface area contributed by atoms with Gasteiger partial charge in [0, 0.05) is 33.4 Å². The maximum absolute atomic E-state index is 12.6. The standard InChI is InChI=1S/C17H24O10S/c1-6-7-28(22)17-16(26-12(5)21)15(25-11(4)20)14(24-10(3)19)13(27-17)8-23-9(2)18/h6,13-17H,1,7-8H2,2-5H3/t13-,14-,15+,16-,17+,28?/m1/s1. The second-order valence-electron chi connectivity index (χ2n) is 5.90. The van der Waals surface area contributed by atoms with Crippen LogP contribution in [0.4, 0.5) is 0 Å². The number of carbonyl (C=O) groups is 4. The van der Waals surface area contributed by atoms with Crippen molar-refractivity contribution in [2.75, 3.05) is 12.4 Å². The molecule has 28 heavy (non-hydrogen) atoms. The van der Waals surface area contributed by atoms with Crippen molar-refractivity contribution in [2.24, 2.45) is 0 Å². The zero-order valence-electron chi connectivity index (χ0n) is 16.1. The van der Waals surface area contributed by atoms with E-state index in [1.807, 2.05) is 0 Å². The van der Waals surface area contributed by atoms with Crippen LogP contribution in [0, 0.1) is 0 Å². The van der Waals surface area contributed by atoms with Gasteiger partial charge in [0.15, 0.2) is 23.7 Å². The van der Waals surface area contributed by atoms with Crippen molar-refractivity contribution >= 4 is 34.7 Å². The minimum absolute atomic E-state index is 0.00621. The molecular formula is C17H24O10S. The molecule has 6 atom stereocenters. The van der Waals surface area contributed by atoms with Gasteiger partial charge in [-0.25, -0.2) is 0 Å². The number of ether oxygens (including phenoxy) is 5. The van der Waals surface area contributed by atoms with E-state index in [1.54, 1.807) is 0 Å². The molecule has 0 radical (unpaired) electrons. The zero-order valence-corrected chi connectivity index (χ0v) is 16.9. The number of hydrogen-bond donors (Lipinski definition) is 0. The van der Waals surface area contributed by atoms with E-state index < -0.39 is 64.5 Å². The summed E-state index contributed by atoms with van der Waals surface area (Å²) in [5.74, 6) is -2.86. The summed E-state index contributed by atoms with van der Waals surface area (Å²) in [5.41, 5.74) is -1.24. The lowest BCUT2D eigenvalue weighted by Crippen LogP contribution is -2.63. The Bertz CT molecular complexity index is 646. The summed E-state index contributed by atoms with van der Waals surface area (Å²) < 4.78 is 38.9. The highest BCUT2D eigenvalue weighted by Crippen LogP contribution is 2.31. The Morgan fingerprint density at radius 2 is 1.39 bits per heavy atom. The van der Waals surface area contributed by atoms with Crippen molar-refractivity contribution in [2.45, 2.75) is 57.5 Å². The molecule has 11 heteroatoms. The normalized spacial score (nSPS) is 27.8. The summed E-state index contributed by atoms with van der Waals surface area (Å²) in [6.07, 6.45) is -3.63. The fraction of sp³-hybridized carbons (Fsp3) is 0.647. The minimum atomic E-state index is -1.74. The van der Waals surface area contributed by atoms with Crippen molar-refractivity contribution in [1.82, 2.24) is 0 Å². The highest BCUT2D eigenvalue weighted by Gasteiger charge is 2.53. The Hall–Kier alpha value is -2.27. The van der Waals surface area contributed by atoms with Gasteiger partial charge in [-0.1, -0.05) is 6.08 Å². The predicted octanol–water partition coefficient (Wildman–Crippen LogP) is 0.00420. The molecule has 1 aliphatic heterocycles. The zero-order chi connectivity index (χ0) is 21.4. The van der Waals surface area contributed by atoms with Crippen molar-refractivity contribution < 1.29 is 47.1 Å². The van der Waals surface area contributed by atoms with Gasteiger partial charge in [0.2, 0.25) is 0 Å². The lowest BCUT2D eigenvalue weighted by molar-refractivity contribution is -0.238. The van der Waals surface area contributed by atoms with Gasteiger partial charge in [-0.3, -0.25) is 23.4 Å². The lowest BCUT2D eigenvalue weighted by atomic mass is 9.99. The van der Waals surface area contributed by atoms with Crippen LogP contribution in [0.5, 0.6) is 0 Å². The van der Waals surface area contributed by atoms with Crippen molar-refractivity contribution in [3.05, 3.63) is 12.7 Å². The van der Waals surface area contributed by atoms with Crippen molar-refractivity contribution in [1.29, 1.82) is 0 Å². The molecule has 0 spiro atoms. The molecule has 1 saturated heterocycles. The number of hydrogen-bond acceptors (Lipinski definition) is 10. The first-order valence-electron chi connectivity index (χ1n) is 8.35. The van der Waals surface area contributed by atoms with Crippen molar-refractivity contribution in [3.63, 3.8) is 0 Å². The van der Waals surface area contributed by atoms with Crippen LogP contribution in [0.2, 0.25) is 0 Å². The van der Waals surface area contributed by atoms with E-state index in [1.165, 1.54) is 13.0 Å². The quantitative estimate of drug-likeness (QED) is 0.300. The fourth-order valence-electron chi connectivity index (χ4n) is 2.61. The van der Waals surface area contributed by atoms with Gasteiger partial charge in [-0.05, 0) is 0 Å². The average Bonchev–Trinajstić information content (AvgIpc) is 2.55. The molecule has 0 aromatic heterocycles. The molecule has 0 bridgehead atoms. The molecule has 0 amide bonds. The first-order chi connectivity index (χ1) is 13.1. The minimum Gasteiger partial charge on any atom is -0.463 e. The third-order valence-electron chi connectivity index (χ3n) is 3.49. The van der Waals surface area contributed by atoms with Crippen LogP contribution in [0.25, 0.3) is 0 Å². The van der Waals surface area contributed by atoms with Gasteiger partial charge in [-0.15, -0.1) is 6.58 Å². The fourth-order valence-corrected chi connectivity index (χ4v) is 3.81. The van der Waals surface area contributed by atoms with Gasteiger partial charge < -0.3 is 23.7 Å². The van der Waals surface area contributed by atoms with Gasteiger partial charge in [0.05, 0.1) is 10.8 Å². The van der Waals surface area contributed by atoms with Crippen LogP contribution >= 0.6 is 0 Å². The van der Waals surface area contributed by atoms with Crippen LogP contribution in [0.3, 0.4) is 0 Å². The molecule has 1 unspecified atom stereocenters. The van der Waals surface area contributed by atoms with Crippen LogP contribution in [-0.4, -0.2) is 70.3 Å². The Balaban J connectivity index is 3.36. The molecule has 1 rings (SSSR count). The van der Waals surface area contributed by atoms with Crippen LogP contribution < -0.4 is 0 Å². The first-order valence-corrected chi connectivity index (χ1v) is 9.73. The summed E-state index contributed by atoms with van der Waals surface area (Å²) in [4.78, 5) is 46.0. The topological polar surface area (TPSA) is 132 Å². The molecule has 0 aromatic carbocycles. The highest BCUT2D eigenvalue weighted by molar-refractivity contribution is 7.85. The van der Waals surface area contributed by atoms with E-state index in [4.69, 9.17) is 23.7 Å². The van der Waals surface area contributed by atoms with Crippen molar-refractivity contribution in [3.8, 4) is 0 Å². The Morgan fingerprint density at radius 1 is 0.893 bits per heavy atom. The van der Waals surface area contributed by atoms with Gasteiger partial charge >= 0.3 is 23.9 Å². The van der Waals surface area contributed by atoms with Gasteiger partial charge in [0.1, 0.15) is 12.7 Å². The van der Waals surface area contributed by atoms with Crippen LogP contribution in [0.1, 0.15) is 27.7 Å². The molecule has 0 saturated carbocycles. The molecule has 10 nitrogen and oxygen atoms in total. The van der Waals surface area contributed by atoms with E-state index in [-0.39, 0.29) is 12.4 Å². The van der Waals surface area contributed by atoms with Crippen LogP contribution in [0.15, 0.2) is 12.7 Å². The Kier molecular flexibility index (Phi) is 9.26. The third-order valence-corrected chi connectivity index (χ3v) is 4.95. The average molecular weight is 420 g/mol. The number of esters is 4. The molecule has 1 heterocycles. The highest BCUT2D eigenvalue weighted by atomic mass is 32.2. The van der Waals surface area contributed by atoms with E-state index in [0.717, 1.165) is 20.8 Å². The second kappa shape index (κ2) is 10.9. The SMILES string of the molecule is C=CCS(=O)[C@@H]1O[C@H](COC(C)=O)[C@@H](OC(C)=O)[C@H](OC(C)=O)[C@H]1OC(C)=O. The molecule has 158 valence electrons. The summed E-state index contributed by atoms with van der Waals surface area (Å²) >= 11 is 0. The van der Waals surface area contributed by atoms with E-state index in [9.17, 15) is 23.4 Å². The molecular weight excluding hydrogens is 396 g/mol. The summed E-state index contributed by atoms with van der Waals surface area (Å²) in [5, 5.41) is 0. The molecule has 1 aliphatic rings. The maximum Gasteiger partial charge on any atom is 0.303 e. The number of carbonyl (C=O) groups excluding carboxylic acids is 4. The molecule has 1 fully saturated rings. The third kappa shape index (κ3) is 7.04. The lowest BCUT2D eigenvalue weighted by Gasteiger charge is -2.43. The Morgan fingerprint density at radius 3 is 1.86 bits per heavy atom. The largest absolute Gasteiger partial charge is 0.463 e. The van der Waals surface area contributed by atoms with Crippen LogP contribution in [-0.2, 0) is 53.7 Å². The summed E-state index contributed by atoms with van der Waals surface area (Å²) in [6, 6.07) is 0. The van der Waals surface area contributed by atoms with Gasteiger partial charge in [0.25, 0.3) is 0 Å². The number of rotatable bonds is 8. The maximum atomic E-state index is 12.6. The first kappa shape index (κ1) is 23.8. The monoisotopic (exact) mass is 420 g/mol. The smallest absolute Gasteiger partial charge is 0.303 e. The molecule has 0 aliphatic carbocycles. The van der Waals surface area contributed by atoms with E-state index in [0.29, 0.717) is 0 Å².